The number of carbonyl (C=O) groups excluding carboxylic acids is 1. The van der Waals surface area contributed by atoms with Crippen LogP contribution in [0.4, 0.5) is 0 Å². The quantitative estimate of drug-likeness (QED) is 0.345. The molecule has 0 aromatic heterocycles. The molecule has 0 unspecified atom stereocenters. The first kappa shape index (κ1) is 8.45. The van der Waals surface area contributed by atoms with Crippen LogP contribution in [0.5, 0.6) is 0 Å². The molecule has 5 heteroatoms. The SMILES string of the molecule is COC(=O)C1=CC([N+](=O)[O-])=CC1. The standard InChI is InChI=1S/C7H7NO4/c1-12-7(9)5-2-3-6(4-5)8(10)11/h3-4H,2H2,1H3. The number of nitro groups is 1. The van der Waals surface area contributed by atoms with Gasteiger partial charge in [-0.15, -0.1) is 0 Å². The van der Waals surface area contributed by atoms with Gasteiger partial charge in [0.2, 0.25) is 0 Å². The number of methoxy groups -OCH3 is 1. The maximum absolute atomic E-state index is 10.8. The molecule has 0 fully saturated rings. The van der Waals surface area contributed by atoms with Gasteiger partial charge in [0.1, 0.15) is 0 Å². The highest BCUT2D eigenvalue weighted by atomic mass is 16.6. The summed E-state index contributed by atoms with van der Waals surface area (Å²) in [6.07, 6.45) is 2.89. The molecule has 0 heterocycles. The molecule has 1 aliphatic carbocycles. The molecule has 0 spiro atoms. The van der Waals surface area contributed by atoms with Crippen LogP contribution in [0.2, 0.25) is 0 Å². The number of rotatable bonds is 2. The normalized spacial score (nSPS) is 15.1. The molecule has 0 aromatic rings. The van der Waals surface area contributed by atoms with Gasteiger partial charge in [-0.25, -0.2) is 4.79 Å². The fourth-order valence-corrected chi connectivity index (χ4v) is 0.911. The Morgan fingerprint density at radius 1 is 1.75 bits per heavy atom. The first-order valence-electron chi connectivity index (χ1n) is 3.28. The van der Waals surface area contributed by atoms with E-state index in [-0.39, 0.29) is 12.1 Å². The summed E-state index contributed by atoms with van der Waals surface area (Å²) in [6.45, 7) is 0. The van der Waals surface area contributed by atoms with E-state index in [2.05, 4.69) is 4.74 Å². The van der Waals surface area contributed by atoms with E-state index in [9.17, 15) is 14.9 Å². The Kier molecular flexibility index (Phi) is 2.23. The molecular weight excluding hydrogens is 162 g/mol. The van der Waals surface area contributed by atoms with Crippen molar-refractivity contribution in [3.05, 3.63) is 33.5 Å². The van der Waals surface area contributed by atoms with Crippen molar-refractivity contribution in [2.45, 2.75) is 6.42 Å². The first-order valence-corrected chi connectivity index (χ1v) is 3.28. The van der Waals surface area contributed by atoms with Crippen LogP contribution >= 0.6 is 0 Å². The van der Waals surface area contributed by atoms with Gasteiger partial charge in [-0.3, -0.25) is 10.1 Å². The van der Waals surface area contributed by atoms with Crippen molar-refractivity contribution in [3.63, 3.8) is 0 Å². The van der Waals surface area contributed by atoms with Gasteiger partial charge in [0, 0.05) is 18.1 Å². The predicted octanol–water partition coefficient (Wildman–Crippen LogP) is 0.650. The van der Waals surface area contributed by atoms with E-state index in [0.29, 0.717) is 5.57 Å². The third-order valence-electron chi connectivity index (χ3n) is 1.51. The van der Waals surface area contributed by atoms with Crippen molar-refractivity contribution in [3.8, 4) is 0 Å². The molecule has 12 heavy (non-hydrogen) atoms. The lowest BCUT2D eigenvalue weighted by Crippen LogP contribution is -2.02. The number of nitrogens with zero attached hydrogens (tertiary/aromatic N) is 1. The smallest absolute Gasteiger partial charge is 0.334 e. The van der Waals surface area contributed by atoms with Gasteiger partial charge in [-0.2, -0.15) is 0 Å². The molecule has 0 aliphatic heterocycles. The molecule has 0 aromatic carbocycles. The minimum absolute atomic E-state index is 0.0459. The van der Waals surface area contributed by atoms with Crippen molar-refractivity contribution in [1.29, 1.82) is 0 Å². The first-order chi connectivity index (χ1) is 5.65. The molecule has 0 radical (unpaired) electrons. The maximum Gasteiger partial charge on any atom is 0.334 e. The van der Waals surface area contributed by atoms with Gasteiger partial charge in [0.15, 0.2) is 0 Å². The molecule has 0 amide bonds. The van der Waals surface area contributed by atoms with Gasteiger partial charge in [0.05, 0.1) is 12.0 Å². The van der Waals surface area contributed by atoms with Crippen LogP contribution in [0.1, 0.15) is 6.42 Å². The molecular formula is C7H7NO4. The lowest BCUT2D eigenvalue weighted by molar-refractivity contribution is -0.418. The average molecular weight is 169 g/mol. The van der Waals surface area contributed by atoms with E-state index in [1.54, 1.807) is 0 Å². The topological polar surface area (TPSA) is 69.4 Å². The third-order valence-corrected chi connectivity index (χ3v) is 1.51. The summed E-state index contributed by atoms with van der Waals surface area (Å²) in [7, 11) is 1.24. The summed E-state index contributed by atoms with van der Waals surface area (Å²) in [5, 5.41) is 10.2. The number of hydrogen-bond acceptors (Lipinski definition) is 4. The zero-order chi connectivity index (χ0) is 9.14. The Bertz CT molecular complexity index is 290. The number of esters is 1. The zero-order valence-electron chi connectivity index (χ0n) is 6.44. The largest absolute Gasteiger partial charge is 0.466 e. The van der Waals surface area contributed by atoms with Crippen LogP contribution in [0, 0.1) is 10.1 Å². The van der Waals surface area contributed by atoms with Crippen molar-refractivity contribution in [2.24, 2.45) is 0 Å². The monoisotopic (exact) mass is 169 g/mol. The molecule has 0 saturated carbocycles. The van der Waals surface area contributed by atoms with E-state index in [0.717, 1.165) is 0 Å². The Morgan fingerprint density at radius 2 is 2.42 bits per heavy atom. The summed E-state index contributed by atoms with van der Waals surface area (Å²) in [4.78, 5) is 20.5. The minimum atomic E-state index is -0.532. The summed E-state index contributed by atoms with van der Waals surface area (Å²) in [5.74, 6) is -0.511. The second kappa shape index (κ2) is 3.17. The van der Waals surface area contributed by atoms with Crippen LogP contribution < -0.4 is 0 Å². The molecule has 0 bridgehead atoms. The summed E-state index contributed by atoms with van der Waals surface area (Å²) in [5.41, 5.74) is 0.277. The summed E-state index contributed by atoms with van der Waals surface area (Å²) >= 11 is 0. The summed E-state index contributed by atoms with van der Waals surface area (Å²) < 4.78 is 4.40. The van der Waals surface area contributed by atoms with Crippen LogP contribution in [0.15, 0.2) is 23.4 Å². The van der Waals surface area contributed by atoms with Crippen LogP contribution in [-0.2, 0) is 9.53 Å². The minimum Gasteiger partial charge on any atom is -0.466 e. The van der Waals surface area contributed by atoms with Gasteiger partial charge < -0.3 is 4.74 Å². The lowest BCUT2D eigenvalue weighted by Gasteiger charge is -1.95. The van der Waals surface area contributed by atoms with Crippen molar-refractivity contribution in [1.82, 2.24) is 0 Å². The van der Waals surface area contributed by atoms with E-state index >= 15 is 0 Å². The van der Waals surface area contributed by atoms with Crippen LogP contribution in [0.3, 0.4) is 0 Å². The average Bonchev–Trinajstić information content (AvgIpc) is 2.51. The van der Waals surface area contributed by atoms with Crippen LogP contribution in [0.25, 0.3) is 0 Å². The van der Waals surface area contributed by atoms with Gasteiger partial charge in [-0.05, 0) is 6.08 Å². The Labute approximate surface area is 68.5 Å². The van der Waals surface area contributed by atoms with Gasteiger partial charge >= 0.3 is 5.97 Å². The van der Waals surface area contributed by atoms with E-state index in [4.69, 9.17) is 0 Å². The van der Waals surface area contributed by atoms with Crippen molar-refractivity contribution >= 4 is 5.97 Å². The van der Waals surface area contributed by atoms with E-state index in [1.165, 1.54) is 19.3 Å². The fourth-order valence-electron chi connectivity index (χ4n) is 0.911. The molecule has 64 valence electrons. The molecule has 1 rings (SSSR count). The van der Waals surface area contributed by atoms with Crippen LogP contribution in [-0.4, -0.2) is 18.0 Å². The Hall–Kier alpha value is -1.65. The second-order valence-corrected chi connectivity index (χ2v) is 2.25. The predicted molar refractivity (Wildman–Crippen MR) is 39.8 cm³/mol. The second-order valence-electron chi connectivity index (χ2n) is 2.25. The molecule has 5 nitrogen and oxygen atoms in total. The Balaban J connectivity index is 2.73. The fraction of sp³-hybridized carbons (Fsp3) is 0.286. The summed E-state index contributed by atoms with van der Waals surface area (Å²) in [6, 6.07) is 0. The number of hydrogen-bond donors (Lipinski definition) is 0. The Morgan fingerprint density at radius 3 is 2.83 bits per heavy atom. The number of allylic oxidation sites excluding steroid dienone is 2. The van der Waals surface area contributed by atoms with E-state index in [1.807, 2.05) is 0 Å². The maximum atomic E-state index is 10.8. The number of carbonyl (C=O) groups is 1. The van der Waals surface area contributed by atoms with Gasteiger partial charge in [-0.1, -0.05) is 0 Å². The third kappa shape index (κ3) is 1.50. The number of ether oxygens (including phenoxy) is 1. The highest BCUT2D eigenvalue weighted by Gasteiger charge is 2.20. The van der Waals surface area contributed by atoms with Crippen molar-refractivity contribution in [2.75, 3.05) is 7.11 Å². The molecule has 1 aliphatic rings. The molecule has 0 saturated heterocycles. The lowest BCUT2D eigenvalue weighted by atomic mass is 10.2. The highest BCUT2D eigenvalue weighted by molar-refractivity contribution is 5.90. The molecule has 0 N–H and O–H groups in total. The van der Waals surface area contributed by atoms with Crippen molar-refractivity contribution < 1.29 is 14.5 Å². The zero-order valence-corrected chi connectivity index (χ0v) is 6.44. The van der Waals surface area contributed by atoms with E-state index < -0.39 is 10.9 Å². The molecule has 0 atom stereocenters. The highest BCUT2D eigenvalue weighted by Crippen LogP contribution is 2.18. The van der Waals surface area contributed by atoms with Gasteiger partial charge in [0.25, 0.3) is 5.70 Å².